The van der Waals surface area contributed by atoms with E-state index in [1.165, 1.54) is 12.1 Å². The van der Waals surface area contributed by atoms with Gasteiger partial charge in [-0.1, -0.05) is 25.1 Å². The molecule has 5 heteroatoms. The first kappa shape index (κ1) is 17.0. The number of halogens is 3. The van der Waals surface area contributed by atoms with E-state index in [9.17, 15) is 13.2 Å². The fourth-order valence-electron chi connectivity index (χ4n) is 2.27. The number of hydrogen-bond donors (Lipinski definition) is 1. The van der Waals surface area contributed by atoms with Crippen LogP contribution in [0.5, 0.6) is 0 Å². The molecule has 0 fully saturated rings. The van der Waals surface area contributed by atoms with Crippen LogP contribution in [0.15, 0.2) is 24.3 Å². The highest BCUT2D eigenvalue weighted by Gasteiger charge is 2.33. The van der Waals surface area contributed by atoms with Gasteiger partial charge < -0.3 is 10.1 Å². The Hall–Kier alpha value is -1.07. The molecule has 0 spiro atoms. The van der Waals surface area contributed by atoms with Gasteiger partial charge in [-0.25, -0.2) is 0 Å². The molecule has 0 aliphatic carbocycles. The topological polar surface area (TPSA) is 21.3 Å². The molecule has 0 saturated carbocycles. The van der Waals surface area contributed by atoms with Crippen molar-refractivity contribution in [3.05, 3.63) is 35.4 Å². The van der Waals surface area contributed by atoms with Crippen LogP contribution < -0.4 is 5.32 Å². The van der Waals surface area contributed by atoms with Crippen LogP contribution in [0, 0.1) is 0 Å². The summed E-state index contributed by atoms with van der Waals surface area (Å²) in [4.78, 5) is 0. The number of ether oxygens (including phenoxy) is 1. The molecule has 2 nitrogen and oxygen atoms in total. The Balaban J connectivity index is 2.96. The van der Waals surface area contributed by atoms with Gasteiger partial charge in [0, 0.05) is 13.2 Å². The van der Waals surface area contributed by atoms with Crippen LogP contribution in [0.1, 0.15) is 31.4 Å². The standard InChI is InChI=1S/C15H22F3NO/c1-5-14(2,20-4)13(19-3)10-11-7-6-8-12(9-11)15(16,17)18/h6-9,13,19H,5,10H2,1-4H3. The first-order valence-electron chi connectivity index (χ1n) is 6.65. The first-order chi connectivity index (χ1) is 9.26. The Morgan fingerprint density at radius 1 is 1.30 bits per heavy atom. The van der Waals surface area contributed by atoms with Gasteiger partial charge in [0.05, 0.1) is 11.2 Å². The summed E-state index contributed by atoms with van der Waals surface area (Å²) in [7, 11) is 3.42. The lowest BCUT2D eigenvalue weighted by Gasteiger charge is -2.36. The third-order valence-electron chi connectivity index (χ3n) is 3.95. The van der Waals surface area contributed by atoms with E-state index in [-0.39, 0.29) is 6.04 Å². The Bertz CT molecular complexity index is 427. The number of benzene rings is 1. The van der Waals surface area contributed by atoms with Crippen LogP contribution in [0.4, 0.5) is 13.2 Å². The largest absolute Gasteiger partial charge is 0.416 e. The molecular formula is C15H22F3NO. The van der Waals surface area contributed by atoms with Gasteiger partial charge in [-0.3, -0.25) is 0 Å². The van der Waals surface area contributed by atoms with Crippen molar-refractivity contribution < 1.29 is 17.9 Å². The molecule has 1 aromatic rings. The molecule has 0 amide bonds. The smallest absolute Gasteiger partial charge is 0.377 e. The average molecular weight is 289 g/mol. The molecule has 0 aliphatic rings. The number of likely N-dealkylation sites (N-methyl/N-ethyl adjacent to an activating group) is 1. The van der Waals surface area contributed by atoms with Crippen LogP contribution >= 0.6 is 0 Å². The predicted molar refractivity (Wildman–Crippen MR) is 73.7 cm³/mol. The molecule has 2 unspecified atom stereocenters. The van der Waals surface area contributed by atoms with Gasteiger partial charge in [-0.15, -0.1) is 0 Å². The molecular weight excluding hydrogens is 267 g/mol. The van der Waals surface area contributed by atoms with Gasteiger partial charge in [0.15, 0.2) is 0 Å². The van der Waals surface area contributed by atoms with Gasteiger partial charge in [0.2, 0.25) is 0 Å². The Labute approximate surface area is 118 Å². The van der Waals surface area contributed by atoms with Gasteiger partial charge in [-0.2, -0.15) is 13.2 Å². The number of alkyl halides is 3. The molecule has 1 N–H and O–H groups in total. The minimum absolute atomic E-state index is 0.0546. The van der Waals surface area contributed by atoms with E-state index in [2.05, 4.69) is 5.32 Å². The van der Waals surface area contributed by atoms with E-state index in [1.807, 2.05) is 13.8 Å². The van der Waals surface area contributed by atoms with E-state index in [4.69, 9.17) is 4.74 Å². The number of rotatable bonds is 6. The minimum Gasteiger partial charge on any atom is -0.377 e. The van der Waals surface area contributed by atoms with Crippen molar-refractivity contribution in [2.45, 2.75) is 44.5 Å². The van der Waals surface area contributed by atoms with Crippen molar-refractivity contribution in [2.24, 2.45) is 0 Å². The van der Waals surface area contributed by atoms with Crippen LogP contribution in [-0.2, 0) is 17.3 Å². The second-order valence-corrected chi connectivity index (χ2v) is 5.11. The van der Waals surface area contributed by atoms with Crippen LogP contribution in [0.25, 0.3) is 0 Å². The lowest BCUT2D eigenvalue weighted by atomic mass is 9.88. The summed E-state index contributed by atoms with van der Waals surface area (Å²) < 4.78 is 43.7. The number of methoxy groups -OCH3 is 1. The molecule has 114 valence electrons. The fraction of sp³-hybridized carbons (Fsp3) is 0.600. The Morgan fingerprint density at radius 3 is 2.40 bits per heavy atom. The third kappa shape index (κ3) is 3.96. The summed E-state index contributed by atoms with van der Waals surface area (Å²) in [6.07, 6.45) is -3.05. The SMILES string of the molecule is CCC(C)(OC)C(Cc1cccc(C(F)(F)F)c1)NC. The summed E-state index contributed by atoms with van der Waals surface area (Å²) in [5.74, 6) is 0. The van der Waals surface area contributed by atoms with Gasteiger partial charge in [0.1, 0.15) is 0 Å². The van der Waals surface area contributed by atoms with Gasteiger partial charge in [0.25, 0.3) is 0 Å². The summed E-state index contributed by atoms with van der Waals surface area (Å²) in [5, 5.41) is 3.14. The lowest BCUT2D eigenvalue weighted by molar-refractivity contribution is -0.137. The number of hydrogen-bond acceptors (Lipinski definition) is 2. The zero-order valence-corrected chi connectivity index (χ0v) is 12.3. The highest BCUT2D eigenvalue weighted by atomic mass is 19.4. The summed E-state index contributed by atoms with van der Waals surface area (Å²) >= 11 is 0. The molecule has 0 aromatic heterocycles. The molecule has 0 heterocycles. The predicted octanol–water partition coefficient (Wildman–Crippen LogP) is 3.65. The maximum atomic E-state index is 12.7. The van der Waals surface area contributed by atoms with Crippen molar-refractivity contribution in [3.63, 3.8) is 0 Å². The highest BCUT2D eigenvalue weighted by molar-refractivity contribution is 5.26. The van der Waals surface area contributed by atoms with Gasteiger partial charge >= 0.3 is 6.18 Å². The van der Waals surface area contributed by atoms with E-state index >= 15 is 0 Å². The molecule has 0 radical (unpaired) electrons. The van der Waals surface area contributed by atoms with Crippen LogP contribution in [-0.4, -0.2) is 25.8 Å². The Morgan fingerprint density at radius 2 is 1.95 bits per heavy atom. The van der Waals surface area contributed by atoms with Crippen LogP contribution in [0.2, 0.25) is 0 Å². The van der Waals surface area contributed by atoms with Crippen molar-refractivity contribution in [3.8, 4) is 0 Å². The lowest BCUT2D eigenvalue weighted by Crippen LogP contribution is -2.49. The van der Waals surface area contributed by atoms with Crippen molar-refractivity contribution in [1.82, 2.24) is 5.32 Å². The molecule has 0 saturated heterocycles. The van der Waals surface area contributed by atoms with E-state index in [0.717, 1.165) is 12.5 Å². The summed E-state index contributed by atoms with van der Waals surface area (Å²) in [6, 6.07) is 5.40. The van der Waals surface area contributed by atoms with Crippen molar-refractivity contribution in [1.29, 1.82) is 0 Å². The summed E-state index contributed by atoms with van der Waals surface area (Å²) in [5.41, 5.74) is -0.375. The average Bonchev–Trinajstić information content (AvgIpc) is 2.43. The highest BCUT2D eigenvalue weighted by Crippen LogP contribution is 2.30. The van der Waals surface area contributed by atoms with E-state index in [0.29, 0.717) is 12.0 Å². The number of nitrogens with one attached hydrogen (secondary N) is 1. The summed E-state index contributed by atoms with van der Waals surface area (Å²) in [6.45, 7) is 3.96. The first-order valence-corrected chi connectivity index (χ1v) is 6.65. The normalized spacial score (nSPS) is 16.8. The van der Waals surface area contributed by atoms with Crippen LogP contribution in [0.3, 0.4) is 0 Å². The zero-order valence-electron chi connectivity index (χ0n) is 12.3. The monoisotopic (exact) mass is 289 g/mol. The Kier molecular flexibility index (Phi) is 5.59. The molecule has 1 aromatic carbocycles. The minimum atomic E-state index is -4.31. The maximum Gasteiger partial charge on any atom is 0.416 e. The molecule has 0 bridgehead atoms. The zero-order chi connectivity index (χ0) is 15.4. The van der Waals surface area contributed by atoms with Crippen molar-refractivity contribution >= 4 is 0 Å². The molecule has 20 heavy (non-hydrogen) atoms. The molecule has 2 atom stereocenters. The maximum absolute atomic E-state index is 12.7. The quantitative estimate of drug-likeness (QED) is 0.863. The molecule has 0 aliphatic heterocycles. The van der Waals surface area contributed by atoms with Crippen molar-refractivity contribution in [2.75, 3.05) is 14.2 Å². The van der Waals surface area contributed by atoms with E-state index in [1.54, 1.807) is 20.2 Å². The van der Waals surface area contributed by atoms with E-state index < -0.39 is 17.3 Å². The fourth-order valence-corrected chi connectivity index (χ4v) is 2.27. The van der Waals surface area contributed by atoms with Gasteiger partial charge in [-0.05, 0) is 38.4 Å². The molecule has 1 rings (SSSR count). The third-order valence-corrected chi connectivity index (χ3v) is 3.95. The second kappa shape index (κ2) is 6.59. The second-order valence-electron chi connectivity index (χ2n) is 5.11.